The Labute approximate surface area is 145 Å². The van der Waals surface area contributed by atoms with Crippen LogP contribution in [-0.4, -0.2) is 38.9 Å². The second-order valence-corrected chi connectivity index (χ2v) is 4.99. The predicted molar refractivity (Wildman–Crippen MR) is 96.0 cm³/mol. The number of nitrogens with zero attached hydrogens (tertiary/aromatic N) is 1. The maximum Gasteiger partial charge on any atom is 0.188 e. The molecule has 3 N–H and O–H groups in total. The molecule has 114 valence electrons. The molecule has 0 saturated heterocycles. The largest absolute Gasteiger partial charge is 0.492 e. The number of methoxy groups -OCH3 is 1. The summed E-state index contributed by atoms with van der Waals surface area (Å²) in [7, 11) is 1.65. The number of rotatable bonds is 7. The third kappa shape index (κ3) is 8.60. The van der Waals surface area contributed by atoms with Crippen LogP contribution in [0, 0.1) is 0 Å². The summed E-state index contributed by atoms with van der Waals surface area (Å²) in [5.74, 6) is 1.21. The third-order valence-corrected chi connectivity index (χ3v) is 2.74. The number of ether oxygens (including phenoxy) is 2. The van der Waals surface area contributed by atoms with E-state index in [-0.39, 0.29) is 30.0 Å². The molecule has 0 aliphatic carbocycles. The highest BCUT2D eigenvalue weighted by atomic mass is 127. The summed E-state index contributed by atoms with van der Waals surface area (Å²) >= 11 is 3.39. The first-order valence-electron chi connectivity index (χ1n) is 6.05. The molecule has 0 fully saturated rings. The van der Waals surface area contributed by atoms with Crippen LogP contribution in [0.5, 0.6) is 5.75 Å². The molecule has 7 heteroatoms. The van der Waals surface area contributed by atoms with Gasteiger partial charge in [-0.2, -0.15) is 0 Å². The summed E-state index contributed by atoms with van der Waals surface area (Å²) in [5.41, 5.74) is 5.73. The minimum absolute atomic E-state index is 0. The molecule has 5 nitrogen and oxygen atoms in total. The van der Waals surface area contributed by atoms with Crippen molar-refractivity contribution in [3.05, 3.63) is 28.7 Å². The van der Waals surface area contributed by atoms with Crippen LogP contribution in [0.2, 0.25) is 0 Å². The average molecular weight is 458 g/mol. The monoisotopic (exact) mass is 457 g/mol. The lowest BCUT2D eigenvalue weighted by molar-refractivity contribution is 0.179. The first-order chi connectivity index (χ1) is 9.11. The van der Waals surface area contributed by atoms with E-state index in [1.807, 2.05) is 31.2 Å². The zero-order valence-corrected chi connectivity index (χ0v) is 15.6. The first kappa shape index (κ1) is 19.5. The molecule has 0 heterocycles. The van der Waals surface area contributed by atoms with E-state index < -0.39 is 0 Å². The van der Waals surface area contributed by atoms with Crippen LogP contribution in [0.25, 0.3) is 0 Å². The lowest BCUT2D eigenvalue weighted by atomic mass is 10.3. The molecule has 1 aromatic rings. The highest BCUT2D eigenvalue weighted by molar-refractivity contribution is 14.0. The average Bonchev–Trinajstić information content (AvgIpc) is 2.35. The smallest absolute Gasteiger partial charge is 0.188 e. The number of hydrogen-bond acceptors (Lipinski definition) is 3. The van der Waals surface area contributed by atoms with Gasteiger partial charge < -0.3 is 20.5 Å². The summed E-state index contributed by atoms with van der Waals surface area (Å²) in [6.45, 7) is 3.55. The number of hydrogen-bond donors (Lipinski definition) is 2. The van der Waals surface area contributed by atoms with E-state index in [2.05, 4.69) is 26.2 Å². The summed E-state index contributed by atoms with van der Waals surface area (Å²) in [4.78, 5) is 4.17. The Morgan fingerprint density at radius 1 is 1.50 bits per heavy atom. The van der Waals surface area contributed by atoms with Gasteiger partial charge in [0.1, 0.15) is 12.4 Å². The van der Waals surface area contributed by atoms with Crippen molar-refractivity contribution in [1.29, 1.82) is 0 Å². The van der Waals surface area contributed by atoms with Gasteiger partial charge in [0.05, 0.1) is 13.2 Å². The molecule has 20 heavy (non-hydrogen) atoms. The van der Waals surface area contributed by atoms with Crippen LogP contribution >= 0.6 is 39.9 Å². The minimum Gasteiger partial charge on any atom is -0.492 e. The van der Waals surface area contributed by atoms with Crippen molar-refractivity contribution < 1.29 is 9.47 Å². The molecule has 0 radical (unpaired) electrons. The molecule has 0 aliphatic rings. The Morgan fingerprint density at radius 2 is 2.25 bits per heavy atom. The summed E-state index contributed by atoms with van der Waals surface area (Å²) in [6.07, 6.45) is 0. The molecular weight excluding hydrogens is 437 g/mol. The molecule has 0 saturated carbocycles. The van der Waals surface area contributed by atoms with Gasteiger partial charge in [0.15, 0.2) is 5.96 Å². The SMILES string of the molecule is COCC(C)NC(N)=NCCOc1cccc(Br)c1.I. The second-order valence-electron chi connectivity index (χ2n) is 4.07. The lowest BCUT2D eigenvalue weighted by Crippen LogP contribution is -2.40. The number of nitrogens with one attached hydrogen (secondary N) is 1. The Bertz CT molecular complexity index is 418. The van der Waals surface area contributed by atoms with Gasteiger partial charge in [-0.15, -0.1) is 24.0 Å². The molecule has 0 aromatic heterocycles. The van der Waals surface area contributed by atoms with Crippen molar-refractivity contribution in [3.63, 3.8) is 0 Å². The Balaban J connectivity index is 0.00000361. The van der Waals surface area contributed by atoms with Crippen LogP contribution in [0.1, 0.15) is 6.92 Å². The topological polar surface area (TPSA) is 68.9 Å². The van der Waals surface area contributed by atoms with Gasteiger partial charge in [-0.1, -0.05) is 22.0 Å². The lowest BCUT2D eigenvalue weighted by Gasteiger charge is -2.13. The van der Waals surface area contributed by atoms with Crippen LogP contribution in [0.15, 0.2) is 33.7 Å². The van der Waals surface area contributed by atoms with E-state index in [4.69, 9.17) is 15.2 Å². The maximum atomic E-state index is 5.73. The molecule has 0 aliphatic heterocycles. The molecule has 1 unspecified atom stereocenters. The van der Waals surface area contributed by atoms with Crippen molar-refractivity contribution in [2.24, 2.45) is 10.7 Å². The fourth-order valence-electron chi connectivity index (χ4n) is 1.48. The Hall–Kier alpha value is -0.540. The number of halogens is 2. The zero-order chi connectivity index (χ0) is 14.1. The van der Waals surface area contributed by atoms with Gasteiger partial charge in [-0.25, -0.2) is 4.99 Å². The highest BCUT2D eigenvalue weighted by Crippen LogP contribution is 2.17. The molecule has 0 spiro atoms. The van der Waals surface area contributed by atoms with Gasteiger partial charge in [-0.05, 0) is 25.1 Å². The van der Waals surface area contributed by atoms with Gasteiger partial charge in [0, 0.05) is 17.6 Å². The second kappa shape index (κ2) is 11.2. The highest BCUT2D eigenvalue weighted by Gasteiger charge is 2.01. The van der Waals surface area contributed by atoms with E-state index in [1.165, 1.54) is 0 Å². The number of benzene rings is 1. The summed E-state index contributed by atoms with van der Waals surface area (Å²) in [6, 6.07) is 7.82. The maximum absolute atomic E-state index is 5.73. The zero-order valence-electron chi connectivity index (χ0n) is 11.6. The van der Waals surface area contributed by atoms with Crippen LogP contribution in [0.4, 0.5) is 0 Å². The Morgan fingerprint density at radius 3 is 2.90 bits per heavy atom. The van der Waals surface area contributed by atoms with E-state index >= 15 is 0 Å². The molecule has 1 aromatic carbocycles. The van der Waals surface area contributed by atoms with Gasteiger partial charge >= 0.3 is 0 Å². The predicted octanol–water partition coefficient (Wildman–Crippen LogP) is 2.39. The van der Waals surface area contributed by atoms with Crippen LogP contribution in [0.3, 0.4) is 0 Å². The normalized spacial score (nSPS) is 12.4. The standard InChI is InChI=1S/C13H20BrN3O2.HI/c1-10(9-18-2)17-13(15)16-6-7-19-12-5-3-4-11(14)8-12;/h3-5,8,10H,6-7,9H2,1-2H3,(H3,15,16,17);1H. The summed E-state index contributed by atoms with van der Waals surface area (Å²) < 4.78 is 11.5. The van der Waals surface area contributed by atoms with E-state index in [0.717, 1.165) is 10.2 Å². The molecule has 0 amide bonds. The molecule has 1 atom stereocenters. The molecule has 1 rings (SSSR count). The van der Waals surface area contributed by atoms with Crippen molar-refractivity contribution in [2.75, 3.05) is 26.9 Å². The van der Waals surface area contributed by atoms with Crippen molar-refractivity contribution in [2.45, 2.75) is 13.0 Å². The van der Waals surface area contributed by atoms with Crippen molar-refractivity contribution >= 4 is 45.9 Å². The fourth-order valence-corrected chi connectivity index (χ4v) is 1.85. The van der Waals surface area contributed by atoms with Crippen LogP contribution < -0.4 is 15.8 Å². The van der Waals surface area contributed by atoms with Gasteiger partial charge in [0.25, 0.3) is 0 Å². The van der Waals surface area contributed by atoms with E-state index in [0.29, 0.717) is 25.7 Å². The van der Waals surface area contributed by atoms with Crippen molar-refractivity contribution in [3.8, 4) is 5.75 Å². The number of aliphatic imine (C=N–C) groups is 1. The van der Waals surface area contributed by atoms with Gasteiger partial charge in [0.2, 0.25) is 0 Å². The number of guanidine groups is 1. The quantitative estimate of drug-likeness (QED) is 0.285. The minimum atomic E-state index is 0. The molecular formula is C13H21BrIN3O2. The third-order valence-electron chi connectivity index (χ3n) is 2.25. The van der Waals surface area contributed by atoms with Crippen LogP contribution in [-0.2, 0) is 4.74 Å². The van der Waals surface area contributed by atoms with E-state index in [9.17, 15) is 0 Å². The van der Waals surface area contributed by atoms with E-state index in [1.54, 1.807) is 7.11 Å². The van der Waals surface area contributed by atoms with Crippen molar-refractivity contribution in [1.82, 2.24) is 5.32 Å². The molecule has 0 bridgehead atoms. The fraction of sp³-hybridized carbons (Fsp3) is 0.462. The summed E-state index contributed by atoms with van der Waals surface area (Å²) in [5, 5.41) is 3.03. The Kier molecular flexibility index (Phi) is 10.9. The first-order valence-corrected chi connectivity index (χ1v) is 6.85. The number of nitrogens with two attached hydrogens (primary N) is 1. The van der Waals surface area contributed by atoms with Gasteiger partial charge in [-0.3, -0.25) is 0 Å².